The van der Waals surface area contributed by atoms with Crippen molar-refractivity contribution in [3.63, 3.8) is 0 Å². The maximum absolute atomic E-state index is 13.8. The van der Waals surface area contributed by atoms with Crippen LogP contribution >= 0.6 is 0 Å². The predicted octanol–water partition coefficient (Wildman–Crippen LogP) is 2.13. The summed E-state index contributed by atoms with van der Waals surface area (Å²) in [6, 6.07) is 13.0. The van der Waals surface area contributed by atoms with Crippen LogP contribution in [0.15, 0.2) is 42.5 Å². The number of nitrogens with one attached hydrogen (secondary N) is 3. The van der Waals surface area contributed by atoms with Crippen molar-refractivity contribution >= 4 is 34.4 Å². The van der Waals surface area contributed by atoms with Gasteiger partial charge in [0.2, 0.25) is 0 Å². The molecular weight excluding hydrogens is 458 g/mol. The molecule has 1 aliphatic heterocycles. The number of quaternary nitrogens is 1. The summed E-state index contributed by atoms with van der Waals surface area (Å²) >= 11 is 0. The summed E-state index contributed by atoms with van der Waals surface area (Å²) in [5, 5.41) is 23.2. The Morgan fingerprint density at radius 2 is 1.86 bits per heavy atom. The number of aliphatic carboxylic acids is 1. The molecule has 10 heteroatoms. The number of nitrogen functional groups attached to an aromatic ring is 1. The Bertz CT molecular complexity index is 1310. The molecule has 4 rings (SSSR count). The van der Waals surface area contributed by atoms with Crippen LogP contribution in [-0.4, -0.2) is 63.5 Å². The zero-order valence-electron chi connectivity index (χ0n) is 21.0. The van der Waals surface area contributed by atoms with Gasteiger partial charge in [-0.3, -0.25) is 20.0 Å². The number of fused-ring (bicyclic) bond motifs is 1. The number of rotatable bonds is 9. The number of amidine groups is 1. The number of nitrogens with zero attached hydrogens (tertiary/aromatic N) is 3. The van der Waals surface area contributed by atoms with Crippen LogP contribution in [0.1, 0.15) is 36.7 Å². The Morgan fingerprint density at radius 3 is 2.47 bits per heavy atom. The van der Waals surface area contributed by atoms with Gasteiger partial charge in [-0.15, -0.1) is 0 Å². The van der Waals surface area contributed by atoms with E-state index in [0.717, 1.165) is 48.5 Å². The first-order chi connectivity index (χ1) is 17.0. The van der Waals surface area contributed by atoms with Gasteiger partial charge in [0, 0.05) is 31.1 Å². The number of hydrogen-bond donors (Lipinski definition) is 5. The first-order valence-electron chi connectivity index (χ1n) is 12.0. The van der Waals surface area contributed by atoms with Gasteiger partial charge in [-0.05, 0) is 48.9 Å². The first-order valence-corrected chi connectivity index (χ1v) is 12.0. The van der Waals surface area contributed by atoms with Crippen molar-refractivity contribution in [2.45, 2.75) is 31.8 Å². The topological polar surface area (TPSA) is 146 Å². The average Bonchev–Trinajstić information content (AvgIpc) is 3.44. The van der Waals surface area contributed by atoms with Gasteiger partial charge in [0.15, 0.2) is 5.54 Å². The number of nitrogens with two attached hydrogens (primary N) is 1. The van der Waals surface area contributed by atoms with E-state index in [0.29, 0.717) is 17.7 Å². The number of carbonyl (C=O) groups is 2. The number of aromatic nitrogens is 2. The number of anilines is 1. The van der Waals surface area contributed by atoms with Crippen LogP contribution in [0.5, 0.6) is 0 Å². The Balaban J connectivity index is 1.62. The standard InChI is InChI=1S/C26H33N7O3/c1-26(30-16-23(34)35,25(36)33(3)12-4-5-13-33)18-8-11-21-20(14-18)31-22(32(21)2)15-29-19-9-6-17(7-10-19)24(27)28/h6-11,14,30H,4-5,12-13,15-16H2,1-3H3,(H4-,27,28,29,34,35)/p+1/t26-/m1/s1. The van der Waals surface area contributed by atoms with Crippen LogP contribution in [0.4, 0.5) is 5.69 Å². The molecule has 0 unspecified atom stereocenters. The quantitative estimate of drug-likeness (QED) is 0.175. The zero-order valence-corrected chi connectivity index (χ0v) is 21.0. The maximum Gasteiger partial charge on any atom is 0.338 e. The van der Waals surface area contributed by atoms with Crippen molar-refractivity contribution < 1.29 is 19.2 Å². The molecule has 3 aromatic rings. The van der Waals surface area contributed by atoms with Gasteiger partial charge >= 0.3 is 11.9 Å². The van der Waals surface area contributed by atoms with Gasteiger partial charge in [-0.1, -0.05) is 6.07 Å². The lowest BCUT2D eigenvalue weighted by Crippen LogP contribution is -2.61. The maximum atomic E-state index is 13.8. The fraction of sp³-hybridized carbons (Fsp3) is 0.385. The lowest BCUT2D eigenvalue weighted by atomic mass is 9.89. The molecule has 0 bridgehead atoms. The molecule has 1 atom stereocenters. The van der Waals surface area contributed by atoms with Gasteiger partial charge < -0.3 is 20.7 Å². The van der Waals surface area contributed by atoms with Crippen molar-refractivity contribution in [2.24, 2.45) is 12.8 Å². The average molecular weight is 493 g/mol. The van der Waals surface area contributed by atoms with Crippen molar-refractivity contribution in [1.82, 2.24) is 14.9 Å². The highest BCUT2D eigenvalue weighted by atomic mass is 16.4. The van der Waals surface area contributed by atoms with E-state index in [9.17, 15) is 14.7 Å². The fourth-order valence-corrected chi connectivity index (χ4v) is 5.00. The Kier molecular flexibility index (Phi) is 6.83. The van der Waals surface area contributed by atoms with E-state index >= 15 is 0 Å². The van der Waals surface area contributed by atoms with Gasteiger partial charge in [0.05, 0.1) is 44.3 Å². The minimum Gasteiger partial charge on any atom is -0.480 e. The summed E-state index contributed by atoms with van der Waals surface area (Å²) in [6.07, 6.45) is 1.95. The number of imidazole rings is 1. The second kappa shape index (κ2) is 9.71. The summed E-state index contributed by atoms with van der Waals surface area (Å²) in [7, 11) is 3.87. The number of benzene rings is 2. The van der Waals surface area contributed by atoms with Crippen molar-refractivity contribution in [2.75, 3.05) is 32.0 Å². The van der Waals surface area contributed by atoms with Crippen LogP contribution in [-0.2, 0) is 28.7 Å². The molecule has 0 spiro atoms. The third-order valence-electron chi connectivity index (χ3n) is 7.26. The first kappa shape index (κ1) is 25.3. The predicted molar refractivity (Wildman–Crippen MR) is 139 cm³/mol. The van der Waals surface area contributed by atoms with Gasteiger partial charge in [-0.2, -0.15) is 0 Å². The highest BCUT2D eigenvalue weighted by Crippen LogP contribution is 2.31. The lowest BCUT2D eigenvalue weighted by molar-refractivity contribution is -0.823. The molecule has 190 valence electrons. The minimum atomic E-state index is -1.17. The summed E-state index contributed by atoms with van der Waals surface area (Å²) in [4.78, 5) is 30.0. The molecule has 1 saturated heterocycles. The third-order valence-corrected chi connectivity index (χ3v) is 7.26. The molecule has 1 fully saturated rings. The summed E-state index contributed by atoms with van der Waals surface area (Å²) in [5.74, 6) is -0.214. The molecule has 1 amide bonds. The van der Waals surface area contributed by atoms with E-state index in [2.05, 4.69) is 10.6 Å². The van der Waals surface area contributed by atoms with Crippen LogP contribution in [0.3, 0.4) is 0 Å². The number of aryl methyl sites for hydroxylation is 1. The fourth-order valence-electron chi connectivity index (χ4n) is 5.00. The normalized spacial score (nSPS) is 16.5. The van der Waals surface area contributed by atoms with Gasteiger partial charge in [0.1, 0.15) is 11.7 Å². The van der Waals surface area contributed by atoms with Gasteiger partial charge in [-0.25, -0.2) is 9.78 Å². The van der Waals surface area contributed by atoms with Crippen LogP contribution in [0.25, 0.3) is 11.0 Å². The summed E-state index contributed by atoms with van der Waals surface area (Å²) < 4.78 is 2.27. The highest BCUT2D eigenvalue weighted by molar-refractivity contribution is 5.95. The summed E-state index contributed by atoms with van der Waals surface area (Å²) in [6.45, 7) is 3.43. The minimum absolute atomic E-state index is 0.0248. The van der Waals surface area contributed by atoms with Crippen LogP contribution < -0.4 is 16.4 Å². The number of carboxylic acids is 1. The molecule has 1 aliphatic rings. The number of hydrogen-bond acceptors (Lipinski definition) is 6. The molecule has 0 radical (unpaired) electrons. The number of likely N-dealkylation sites (tertiary alicyclic amines) is 1. The Labute approximate surface area is 210 Å². The molecule has 10 nitrogen and oxygen atoms in total. The van der Waals surface area contributed by atoms with E-state index in [1.54, 1.807) is 19.1 Å². The molecular formula is C26H34N7O3+. The second-order valence-electron chi connectivity index (χ2n) is 9.86. The van der Waals surface area contributed by atoms with Crippen molar-refractivity contribution in [3.05, 3.63) is 59.4 Å². The molecule has 0 aliphatic carbocycles. The van der Waals surface area contributed by atoms with Gasteiger partial charge in [0.25, 0.3) is 0 Å². The molecule has 36 heavy (non-hydrogen) atoms. The van der Waals surface area contributed by atoms with E-state index in [1.165, 1.54) is 0 Å². The molecule has 2 heterocycles. The molecule has 0 saturated carbocycles. The zero-order chi connectivity index (χ0) is 26.1. The summed E-state index contributed by atoms with van der Waals surface area (Å²) in [5.41, 5.74) is 8.25. The van der Waals surface area contributed by atoms with E-state index in [4.69, 9.17) is 16.1 Å². The Hall–Kier alpha value is -3.76. The lowest BCUT2D eigenvalue weighted by Gasteiger charge is -2.37. The van der Waals surface area contributed by atoms with Crippen molar-refractivity contribution in [1.29, 1.82) is 5.41 Å². The molecule has 1 aromatic heterocycles. The molecule has 6 N–H and O–H groups in total. The second-order valence-corrected chi connectivity index (χ2v) is 9.86. The third kappa shape index (κ3) is 4.82. The monoisotopic (exact) mass is 492 g/mol. The number of carbonyl (C=O) groups excluding carboxylic acids is 1. The number of likely N-dealkylation sites (N-methyl/N-ethyl adjacent to an activating group) is 1. The smallest absolute Gasteiger partial charge is 0.338 e. The highest BCUT2D eigenvalue weighted by Gasteiger charge is 2.49. The molecule has 2 aromatic carbocycles. The number of carboxylic acid groups (broad SMARTS) is 1. The Morgan fingerprint density at radius 1 is 1.19 bits per heavy atom. The number of amides is 1. The van der Waals surface area contributed by atoms with E-state index < -0.39 is 11.5 Å². The largest absolute Gasteiger partial charge is 0.480 e. The van der Waals surface area contributed by atoms with E-state index in [1.807, 2.05) is 49.0 Å². The van der Waals surface area contributed by atoms with Crippen LogP contribution in [0.2, 0.25) is 0 Å². The van der Waals surface area contributed by atoms with Crippen LogP contribution in [0, 0.1) is 5.41 Å². The SMILES string of the molecule is Cn1c(CNc2ccc(C(=N)N)cc2)nc2cc([C@@](C)(NCC(=O)O)C(=O)[N+]3(C)CCCC3)ccc21. The van der Waals surface area contributed by atoms with Crippen molar-refractivity contribution in [3.8, 4) is 0 Å². The van der Waals surface area contributed by atoms with E-state index in [-0.39, 0.29) is 22.8 Å².